The molecule has 0 aliphatic carbocycles. The topological polar surface area (TPSA) is 64.3 Å². The maximum Gasteiger partial charge on any atom is 0.328 e. The fraction of sp³-hybridized carbons (Fsp3) is 0.500. The van der Waals surface area contributed by atoms with Crippen LogP contribution in [0.1, 0.15) is 25.8 Å². The zero-order valence-electron chi connectivity index (χ0n) is 11.8. The van der Waals surface area contributed by atoms with E-state index < -0.39 is 0 Å². The molecule has 1 aromatic carbocycles. The van der Waals surface area contributed by atoms with Gasteiger partial charge in [-0.3, -0.25) is 0 Å². The van der Waals surface area contributed by atoms with Gasteiger partial charge in [0.2, 0.25) is 0 Å². The molecule has 0 bridgehead atoms. The normalized spacial score (nSPS) is 12.3. The van der Waals surface area contributed by atoms with Crippen LogP contribution in [0, 0.1) is 12.8 Å². The van der Waals surface area contributed by atoms with Crippen LogP contribution in [-0.2, 0) is 9.53 Å². The van der Waals surface area contributed by atoms with Crippen LogP contribution < -0.4 is 11.1 Å². The van der Waals surface area contributed by atoms with E-state index in [0.29, 0.717) is 12.3 Å². The highest BCUT2D eigenvalue weighted by molar-refractivity contribution is 9.10. The molecule has 0 heterocycles. The molecule has 0 aromatic heterocycles. The van der Waals surface area contributed by atoms with E-state index in [0.717, 1.165) is 21.4 Å². The standard InChI is InChI=1S/C14H21BrN2O2/c1-8(2)5-13(14(18)19-4)17-12-6-9(3)11(16)7-10(12)15/h6-8,13,17H,5,16H2,1-4H3. The van der Waals surface area contributed by atoms with E-state index in [4.69, 9.17) is 10.5 Å². The highest BCUT2D eigenvalue weighted by Crippen LogP contribution is 2.29. The number of hydrogen-bond donors (Lipinski definition) is 2. The lowest BCUT2D eigenvalue weighted by Gasteiger charge is -2.21. The smallest absolute Gasteiger partial charge is 0.328 e. The summed E-state index contributed by atoms with van der Waals surface area (Å²) in [7, 11) is 1.40. The molecule has 0 spiro atoms. The van der Waals surface area contributed by atoms with Crippen molar-refractivity contribution >= 4 is 33.3 Å². The fourth-order valence-corrected chi connectivity index (χ4v) is 2.30. The van der Waals surface area contributed by atoms with E-state index in [1.165, 1.54) is 7.11 Å². The Morgan fingerprint density at radius 2 is 2.11 bits per heavy atom. The van der Waals surface area contributed by atoms with Gasteiger partial charge in [-0.2, -0.15) is 0 Å². The first-order valence-electron chi connectivity index (χ1n) is 6.25. The molecule has 1 aromatic rings. The Bertz CT molecular complexity index is 461. The van der Waals surface area contributed by atoms with Gasteiger partial charge in [-0.25, -0.2) is 4.79 Å². The van der Waals surface area contributed by atoms with Crippen molar-refractivity contribution in [3.05, 3.63) is 22.2 Å². The number of carbonyl (C=O) groups is 1. The Morgan fingerprint density at radius 3 is 2.63 bits per heavy atom. The largest absolute Gasteiger partial charge is 0.467 e. The number of aryl methyl sites for hydroxylation is 1. The van der Waals surface area contributed by atoms with E-state index in [-0.39, 0.29) is 12.0 Å². The van der Waals surface area contributed by atoms with Crippen molar-refractivity contribution in [3.63, 3.8) is 0 Å². The number of hydrogen-bond acceptors (Lipinski definition) is 4. The molecule has 0 saturated carbocycles. The van der Waals surface area contributed by atoms with Crippen LogP contribution in [0.3, 0.4) is 0 Å². The second kappa shape index (κ2) is 6.80. The molecule has 0 aliphatic rings. The molecule has 1 unspecified atom stereocenters. The third kappa shape index (κ3) is 4.42. The maximum atomic E-state index is 11.8. The summed E-state index contributed by atoms with van der Waals surface area (Å²) in [6.07, 6.45) is 0.711. The average molecular weight is 329 g/mol. The first-order valence-corrected chi connectivity index (χ1v) is 7.04. The fourth-order valence-electron chi connectivity index (χ4n) is 1.82. The number of nitrogens with two attached hydrogens (primary N) is 1. The molecule has 0 amide bonds. The van der Waals surface area contributed by atoms with Crippen molar-refractivity contribution in [2.24, 2.45) is 5.92 Å². The Balaban J connectivity index is 2.96. The number of halogens is 1. The zero-order valence-corrected chi connectivity index (χ0v) is 13.4. The van der Waals surface area contributed by atoms with Gasteiger partial charge in [-0.15, -0.1) is 0 Å². The lowest BCUT2D eigenvalue weighted by atomic mass is 10.0. The monoisotopic (exact) mass is 328 g/mol. The van der Waals surface area contributed by atoms with E-state index in [9.17, 15) is 4.79 Å². The molecule has 5 heteroatoms. The summed E-state index contributed by atoms with van der Waals surface area (Å²) >= 11 is 3.45. The van der Waals surface area contributed by atoms with Crippen molar-refractivity contribution in [2.75, 3.05) is 18.2 Å². The molecule has 19 heavy (non-hydrogen) atoms. The first kappa shape index (κ1) is 15.8. The summed E-state index contributed by atoms with van der Waals surface area (Å²) in [6, 6.07) is 3.40. The van der Waals surface area contributed by atoms with Crippen LogP contribution >= 0.6 is 15.9 Å². The van der Waals surface area contributed by atoms with Gasteiger partial charge in [0, 0.05) is 15.8 Å². The minimum atomic E-state index is -0.357. The first-order chi connectivity index (χ1) is 8.85. The van der Waals surface area contributed by atoms with Gasteiger partial charge >= 0.3 is 5.97 Å². The number of rotatable bonds is 5. The number of nitrogens with one attached hydrogen (secondary N) is 1. The Labute approximate surface area is 122 Å². The minimum absolute atomic E-state index is 0.255. The van der Waals surface area contributed by atoms with E-state index >= 15 is 0 Å². The van der Waals surface area contributed by atoms with Gasteiger partial charge < -0.3 is 15.8 Å². The summed E-state index contributed by atoms with van der Waals surface area (Å²) in [5.41, 5.74) is 8.38. The highest BCUT2D eigenvalue weighted by atomic mass is 79.9. The van der Waals surface area contributed by atoms with Gasteiger partial charge in [-0.1, -0.05) is 13.8 Å². The molecular weight excluding hydrogens is 308 g/mol. The molecule has 0 aliphatic heterocycles. The SMILES string of the molecule is COC(=O)C(CC(C)C)Nc1cc(C)c(N)cc1Br. The molecule has 1 atom stereocenters. The Hall–Kier alpha value is -1.23. The summed E-state index contributed by atoms with van der Waals surface area (Å²) in [4.78, 5) is 11.8. The molecule has 0 saturated heterocycles. The van der Waals surface area contributed by atoms with Gasteiger partial charge in [0.1, 0.15) is 6.04 Å². The van der Waals surface area contributed by atoms with Crippen molar-refractivity contribution in [2.45, 2.75) is 33.2 Å². The Morgan fingerprint density at radius 1 is 1.47 bits per heavy atom. The lowest BCUT2D eigenvalue weighted by molar-refractivity contribution is -0.141. The zero-order chi connectivity index (χ0) is 14.6. The number of methoxy groups -OCH3 is 1. The Kier molecular flexibility index (Phi) is 5.66. The summed E-state index contributed by atoms with van der Waals surface area (Å²) in [6.45, 7) is 6.07. The van der Waals surface area contributed by atoms with Crippen molar-refractivity contribution in [3.8, 4) is 0 Å². The number of ether oxygens (including phenoxy) is 1. The third-order valence-corrected chi connectivity index (χ3v) is 3.53. The third-order valence-electron chi connectivity index (χ3n) is 2.88. The number of anilines is 2. The van der Waals surface area contributed by atoms with E-state index in [2.05, 4.69) is 35.1 Å². The number of esters is 1. The summed E-state index contributed by atoms with van der Waals surface area (Å²) in [5.74, 6) is 0.139. The van der Waals surface area contributed by atoms with Crippen molar-refractivity contribution in [1.82, 2.24) is 0 Å². The van der Waals surface area contributed by atoms with Crippen molar-refractivity contribution in [1.29, 1.82) is 0 Å². The van der Waals surface area contributed by atoms with Crippen LogP contribution in [0.25, 0.3) is 0 Å². The highest BCUT2D eigenvalue weighted by Gasteiger charge is 2.21. The van der Waals surface area contributed by atoms with Crippen LogP contribution in [-0.4, -0.2) is 19.1 Å². The minimum Gasteiger partial charge on any atom is -0.467 e. The van der Waals surface area contributed by atoms with E-state index in [1.54, 1.807) is 0 Å². The summed E-state index contributed by atoms with van der Waals surface area (Å²) < 4.78 is 5.68. The van der Waals surface area contributed by atoms with Gasteiger partial charge in [0.15, 0.2) is 0 Å². The molecule has 3 N–H and O–H groups in total. The number of benzene rings is 1. The molecule has 106 valence electrons. The quantitative estimate of drug-likeness (QED) is 0.642. The number of carbonyl (C=O) groups excluding carboxylic acids is 1. The lowest BCUT2D eigenvalue weighted by Crippen LogP contribution is -2.32. The van der Waals surface area contributed by atoms with Crippen LogP contribution in [0.5, 0.6) is 0 Å². The van der Waals surface area contributed by atoms with Crippen LogP contribution in [0.4, 0.5) is 11.4 Å². The summed E-state index contributed by atoms with van der Waals surface area (Å²) in [5, 5.41) is 3.22. The molecule has 0 fully saturated rings. The molecule has 1 rings (SSSR count). The van der Waals surface area contributed by atoms with Gasteiger partial charge in [0.25, 0.3) is 0 Å². The average Bonchev–Trinajstić information content (AvgIpc) is 2.33. The van der Waals surface area contributed by atoms with Gasteiger partial charge in [0.05, 0.1) is 7.11 Å². The predicted molar refractivity (Wildman–Crippen MR) is 82.2 cm³/mol. The second-order valence-electron chi connectivity index (χ2n) is 5.04. The maximum absolute atomic E-state index is 11.8. The predicted octanol–water partition coefficient (Wildman–Crippen LogP) is 3.34. The number of nitrogen functional groups attached to an aromatic ring is 1. The van der Waals surface area contributed by atoms with Gasteiger partial charge in [-0.05, 0) is 52.9 Å². The van der Waals surface area contributed by atoms with Crippen LogP contribution in [0.2, 0.25) is 0 Å². The molecule has 0 radical (unpaired) electrons. The molecular formula is C14H21BrN2O2. The van der Waals surface area contributed by atoms with Crippen molar-refractivity contribution < 1.29 is 9.53 Å². The second-order valence-corrected chi connectivity index (χ2v) is 5.89. The molecule has 4 nitrogen and oxygen atoms in total. The van der Waals surface area contributed by atoms with E-state index in [1.807, 2.05) is 19.1 Å². The van der Waals surface area contributed by atoms with Crippen LogP contribution in [0.15, 0.2) is 16.6 Å².